The standard InChI is InChI=1S/C17H18FNO3/c1-4-19(13-7-5-12(18)6-8-13)17(20)15-11-14(21-2)9-10-16(15)22-3/h5-11H,4H2,1-3H3. The number of nitrogens with zero attached hydrogens (tertiary/aromatic N) is 1. The summed E-state index contributed by atoms with van der Waals surface area (Å²) >= 11 is 0. The molecule has 0 aromatic heterocycles. The number of rotatable bonds is 5. The molecule has 0 heterocycles. The van der Waals surface area contributed by atoms with Gasteiger partial charge in [-0.25, -0.2) is 4.39 Å². The van der Waals surface area contributed by atoms with E-state index in [1.807, 2.05) is 6.92 Å². The molecule has 1 amide bonds. The monoisotopic (exact) mass is 303 g/mol. The number of amides is 1. The molecule has 0 aliphatic rings. The van der Waals surface area contributed by atoms with Crippen LogP contribution in [0.1, 0.15) is 17.3 Å². The first-order valence-electron chi connectivity index (χ1n) is 6.90. The van der Waals surface area contributed by atoms with Gasteiger partial charge in [-0.2, -0.15) is 0 Å². The Morgan fingerprint density at radius 2 is 1.77 bits per heavy atom. The number of methoxy groups -OCH3 is 2. The van der Waals surface area contributed by atoms with Crippen molar-refractivity contribution in [2.24, 2.45) is 0 Å². The van der Waals surface area contributed by atoms with E-state index in [1.165, 1.54) is 26.4 Å². The molecule has 0 spiro atoms. The molecule has 2 rings (SSSR count). The topological polar surface area (TPSA) is 38.8 Å². The first-order chi connectivity index (χ1) is 10.6. The molecule has 0 atom stereocenters. The zero-order valence-electron chi connectivity index (χ0n) is 12.8. The van der Waals surface area contributed by atoms with Gasteiger partial charge in [0.25, 0.3) is 5.91 Å². The predicted octanol–water partition coefficient (Wildman–Crippen LogP) is 3.51. The third kappa shape index (κ3) is 3.19. The number of anilines is 1. The van der Waals surface area contributed by atoms with Crippen LogP contribution in [0.3, 0.4) is 0 Å². The van der Waals surface area contributed by atoms with E-state index < -0.39 is 0 Å². The second kappa shape index (κ2) is 6.93. The molecule has 5 heteroatoms. The van der Waals surface area contributed by atoms with Crippen molar-refractivity contribution in [2.45, 2.75) is 6.92 Å². The highest BCUT2D eigenvalue weighted by Gasteiger charge is 2.20. The van der Waals surface area contributed by atoms with Gasteiger partial charge in [0.15, 0.2) is 0 Å². The lowest BCUT2D eigenvalue weighted by Crippen LogP contribution is -2.31. The van der Waals surface area contributed by atoms with Gasteiger partial charge < -0.3 is 14.4 Å². The van der Waals surface area contributed by atoms with Crippen molar-refractivity contribution in [2.75, 3.05) is 25.7 Å². The van der Waals surface area contributed by atoms with Gasteiger partial charge in [-0.05, 0) is 49.4 Å². The number of benzene rings is 2. The van der Waals surface area contributed by atoms with Crippen LogP contribution in [0.2, 0.25) is 0 Å². The molecule has 0 aliphatic heterocycles. The van der Waals surface area contributed by atoms with Crippen LogP contribution in [0.15, 0.2) is 42.5 Å². The van der Waals surface area contributed by atoms with Crippen LogP contribution in [-0.2, 0) is 0 Å². The van der Waals surface area contributed by atoms with E-state index in [1.54, 1.807) is 35.2 Å². The minimum Gasteiger partial charge on any atom is -0.497 e. The summed E-state index contributed by atoms with van der Waals surface area (Å²) in [6, 6.07) is 10.8. The molecule has 0 bridgehead atoms. The van der Waals surface area contributed by atoms with E-state index in [0.29, 0.717) is 29.3 Å². The fourth-order valence-corrected chi connectivity index (χ4v) is 2.19. The van der Waals surface area contributed by atoms with E-state index in [0.717, 1.165) is 0 Å². The Bertz CT molecular complexity index is 655. The van der Waals surface area contributed by atoms with E-state index in [2.05, 4.69) is 0 Å². The van der Waals surface area contributed by atoms with Gasteiger partial charge in [-0.3, -0.25) is 4.79 Å². The van der Waals surface area contributed by atoms with Crippen molar-refractivity contribution in [1.29, 1.82) is 0 Å². The highest BCUT2D eigenvalue weighted by atomic mass is 19.1. The summed E-state index contributed by atoms with van der Waals surface area (Å²) < 4.78 is 23.5. The van der Waals surface area contributed by atoms with Crippen LogP contribution in [0.5, 0.6) is 11.5 Å². The molecule has 0 aliphatic carbocycles. The average Bonchev–Trinajstić information content (AvgIpc) is 2.56. The molecule has 0 saturated heterocycles. The Kier molecular flexibility index (Phi) is 4.99. The van der Waals surface area contributed by atoms with Gasteiger partial charge in [-0.15, -0.1) is 0 Å². The van der Waals surface area contributed by atoms with E-state index in [4.69, 9.17) is 9.47 Å². The minimum absolute atomic E-state index is 0.232. The molecule has 0 N–H and O–H groups in total. The summed E-state index contributed by atoms with van der Waals surface area (Å²) in [6.45, 7) is 2.30. The molecule has 22 heavy (non-hydrogen) atoms. The van der Waals surface area contributed by atoms with Gasteiger partial charge in [0.05, 0.1) is 19.8 Å². The van der Waals surface area contributed by atoms with Crippen molar-refractivity contribution in [3.8, 4) is 11.5 Å². The maximum atomic E-state index is 13.1. The Labute approximate surface area is 129 Å². The SMILES string of the molecule is CCN(C(=O)c1cc(OC)ccc1OC)c1ccc(F)cc1. The molecule has 2 aromatic carbocycles. The smallest absolute Gasteiger partial charge is 0.262 e. The molecule has 0 saturated carbocycles. The first kappa shape index (κ1) is 15.8. The van der Waals surface area contributed by atoms with Gasteiger partial charge >= 0.3 is 0 Å². The van der Waals surface area contributed by atoms with Crippen molar-refractivity contribution >= 4 is 11.6 Å². The van der Waals surface area contributed by atoms with Crippen molar-refractivity contribution in [3.05, 3.63) is 53.8 Å². The Hall–Kier alpha value is -2.56. The van der Waals surface area contributed by atoms with Crippen molar-refractivity contribution in [3.63, 3.8) is 0 Å². The van der Waals surface area contributed by atoms with Gasteiger partial charge in [0.1, 0.15) is 17.3 Å². The summed E-state index contributed by atoms with van der Waals surface area (Å²) in [6.07, 6.45) is 0. The van der Waals surface area contributed by atoms with E-state index in [-0.39, 0.29) is 11.7 Å². The lowest BCUT2D eigenvalue weighted by Gasteiger charge is -2.22. The maximum Gasteiger partial charge on any atom is 0.262 e. The summed E-state index contributed by atoms with van der Waals surface area (Å²) in [7, 11) is 3.04. The number of ether oxygens (including phenoxy) is 2. The van der Waals surface area contributed by atoms with E-state index in [9.17, 15) is 9.18 Å². The molecule has 0 fully saturated rings. The number of hydrogen-bond acceptors (Lipinski definition) is 3. The third-order valence-corrected chi connectivity index (χ3v) is 3.34. The van der Waals surface area contributed by atoms with Crippen LogP contribution < -0.4 is 14.4 Å². The van der Waals surface area contributed by atoms with Crippen molar-refractivity contribution in [1.82, 2.24) is 0 Å². The summed E-state index contributed by atoms with van der Waals surface area (Å²) in [5.41, 5.74) is 1.02. The Balaban J connectivity index is 2.41. The number of carbonyl (C=O) groups is 1. The largest absolute Gasteiger partial charge is 0.497 e. The van der Waals surface area contributed by atoms with Crippen LogP contribution >= 0.6 is 0 Å². The number of carbonyl (C=O) groups excluding carboxylic acids is 1. The lowest BCUT2D eigenvalue weighted by molar-refractivity contribution is 0.0985. The van der Waals surface area contributed by atoms with Gasteiger partial charge in [0, 0.05) is 12.2 Å². The molecule has 4 nitrogen and oxygen atoms in total. The highest BCUT2D eigenvalue weighted by Crippen LogP contribution is 2.27. The molecule has 0 unspecified atom stereocenters. The fourth-order valence-electron chi connectivity index (χ4n) is 2.19. The molecule has 2 aromatic rings. The predicted molar refractivity (Wildman–Crippen MR) is 83.3 cm³/mol. The Morgan fingerprint density at radius 3 is 2.32 bits per heavy atom. The van der Waals surface area contributed by atoms with Gasteiger partial charge in [-0.1, -0.05) is 0 Å². The highest BCUT2D eigenvalue weighted by molar-refractivity contribution is 6.08. The van der Waals surface area contributed by atoms with Crippen LogP contribution in [0.25, 0.3) is 0 Å². The first-order valence-corrected chi connectivity index (χ1v) is 6.90. The average molecular weight is 303 g/mol. The zero-order valence-corrected chi connectivity index (χ0v) is 12.8. The van der Waals surface area contributed by atoms with Crippen LogP contribution in [0, 0.1) is 5.82 Å². The maximum absolute atomic E-state index is 13.1. The summed E-state index contributed by atoms with van der Waals surface area (Å²) in [4.78, 5) is 14.4. The normalized spacial score (nSPS) is 10.2. The Morgan fingerprint density at radius 1 is 1.09 bits per heavy atom. The molecule has 0 radical (unpaired) electrons. The number of halogens is 1. The third-order valence-electron chi connectivity index (χ3n) is 3.34. The molecular formula is C17H18FNO3. The number of hydrogen-bond donors (Lipinski definition) is 0. The van der Waals surface area contributed by atoms with Crippen LogP contribution in [-0.4, -0.2) is 26.7 Å². The fraction of sp³-hybridized carbons (Fsp3) is 0.235. The zero-order chi connectivity index (χ0) is 16.1. The van der Waals surface area contributed by atoms with Crippen LogP contribution in [0.4, 0.5) is 10.1 Å². The molecular weight excluding hydrogens is 285 g/mol. The lowest BCUT2D eigenvalue weighted by atomic mass is 10.1. The van der Waals surface area contributed by atoms with Crippen molar-refractivity contribution < 1.29 is 18.7 Å². The summed E-state index contributed by atoms with van der Waals surface area (Å²) in [5, 5.41) is 0. The summed E-state index contributed by atoms with van der Waals surface area (Å²) in [5.74, 6) is 0.460. The molecule has 116 valence electrons. The second-order valence-corrected chi connectivity index (χ2v) is 4.59. The second-order valence-electron chi connectivity index (χ2n) is 4.59. The quantitative estimate of drug-likeness (QED) is 0.848. The van der Waals surface area contributed by atoms with E-state index >= 15 is 0 Å². The minimum atomic E-state index is -0.341. The van der Waals surface area contributed by atoms with Gasteiger partial charge in [0.2, 0.25) is 0 Å².